The van der Waals surface area contributed by atoms with Crippen LogP contribution in [0.3, 0.4) is 0 Å². The fourth-order valence-electron chi connectivity index (χ4n) is 3.63. The monoisotopic (exact) mass is 261 g/mol. The van der Waals surface area contributed by atoms with Crippen LogP contribution in [0.4, 0.5) is 0 Å². The fourth-order valence-corrected chi connectivity index (χ4v) is 3.63. The topological polar surface area (TPSA) is 29.9 Å². The second-order valence-corrected chi connectivity index (χ2v) is 6.47. The Labute approximate surface area is 116 Å². The van der Waals surface area contributed by atoms with Crippen molar-refractivity contribution in [1.29, 1.82) is 0 Å². The largest absolute Gasteiger partial charge is 0.314 e. The van der Waals surface area contributed by atoms with Gasteiger partial charge in [-0.3, -0.25) is 4.68 Å². The van der Waals surface area contributed by atoms with E-state index in [0.717, 1.165) is 24.8 Å². The molecule has 2 saturated carbocycles. The summed E-state index contributed by atoms with van der Waals surface area (Å²) in [6, 6.07) is 3.54. The van der Waals surface area contributed by atoms with Gasteiger partial charge < -0.3 is 5.32 Å². The van der Waals surface area contributed by atoms with Crippen LogP contribution in [-0.2, 0) is 6.42 Å². The van der Waals surface area contributed by atoms with Crippen LogP contribution < -0.4 is 5.32 Å². The molecule has 0 spiro atoms. The lowest BCUT2D eigenvalue weighted by atomic mass is 10.1. The minimum absolute atomic E-state index is 0.631. The van der Waals surface area contributed by atoms with Crippen LogP contribution in [0.5, 0.6) is 0 Å². The number of hydrogen-bond donors (Lipinski definition) is 1. The zero-order valence-corrected chi connectivity index (χ0v) is 12.3. The molecule has 3 heteroatoms. The number of rotatable bonds is 6. The van der Waals surface area contributed by atoms with E-state index in [1.165, 1.54) is 37.8 Å². The summed E-state index contributed by atoms with van der Waals surface area (Å²) < 4.78 is 2.22. The van der Waals surface area contributed by atoms with Crippen molar-refractivity contribution < 1.29 is 0 Å². The molecule has 0 bridgehead atoms. The van der Waals surface area contributed by atoms with Gasteiger partial charge in [-0.15, -0.1) is 0 Å². The molecule has 0 saturated heterocycles. The summed E-state index contributed by atoms with van der Waals surface area (Å²) in [5.74, 6) is 1.78. The van der Waals surface area contributed by atoms with Gasteiger partial charge in [0.2, 0.25) is 0 Å². The van der Waals surface area contributed by atoms with Crippen molar-refractivity contribution in [3.63, 3.8) is 0 Å². The Hall–Kier alpha value is -0.830. The summed E-state index contributed by atoms with van der Waals surface area (Å²) in [6.07, 6.45) is 10.1. The van der Waals surface area contributed by atoms with E-state index < -0.39 is 0 Å². The lowest BCUT2D eigenvalue weighted by Gasteiger charge is -2.16. The first kappa shape index (κ1) is 13.2. The Bertz CT molecular complexity index is 406. The molecular formula is C16H27N3. The van der Waals surface area contributed by atoms with Gasteiger partial charge in [-0.2, -0.15) is 5.10 Å². The molecule has 2 aliphatic carbocycles. The summed E-state index contributed by atoms with van der Waals surface area (Å²) in [5.41, 5.74) is 1.27. The van der Waals surface area contributed by atoms with E-state index in [2.05, 4.69) is 36.1 Å². The number of likely N-dealkylation sites (N-methyl/N-ethyl adjacent to an activating group) is 1. The van der Waals surface area contributed by atoms with E-state index in [-0.39, 0.29) is 0 Å². The quantitative estimate of drug-likeness (QED) is 0.852. The van der Waals surface area contributed by atoms with Gasteiger partial charge in [0.25, 0.3) is 0 Å². The van der Waals surface area contributed by atoms with Crippen LogP contribution in [0.15, 0.2) is 12.3 Å². The molecule has 2 fully saturated rings. The first-order chi connectivity index (χ1) is 9.28. The zero-order valence-electron chi connectivity index (χ0n) is 12.3. The third-order valence-corrected chi connectivity index (χ3v) is 4.95. The molecule has 3 unspecified atom stereocenters. The summed E-state index contributed by atoms with van der Waals surface area (Å²) in [7, 11) is 0. The van der Waals surface area contributed by atoms with Crippen molar-refractivity contribution in [3.05, 3.63) is 18.0 Å². The van der Waals surface area contributed by atoms with Crippen molar-refractivity contribution in [3.8, 4) is 0 Å². The Morgan fingerprint density at radius 1 is 1.42 bits per heavy atom. The number of aromatic nitrogens is 2. The standard InChI is InChI=1S/C16H27N3/c1-3-17-16(15-10-12(15)2)11-13-8-9-19(18-13)14-6-4-5-7-14/h8-9,12,14-17H,3-7,10-11H2,1-2H3. The molecule has 3 nitrogen and oxygen atoms in total. The number of nitrogens with one attached hydrogen (secondary N) is 1. The Kier molecular flexibility index (Phi) is 3.92. The van der Waals surface area contributed by atoms with Crippen LogP contribution >= 0.6 is 0 Å². The molecule has 2 aliphatic rings. The highest BCUT2D eigenvalue weighted by Gasteiger charge is 2.39. The third-order valence-electron chi connectivity index (χ3n) is 4.95. The number of nitrogens with zero attached hydrogens (tertiary/aromatic N) is 2. The highest BCUT2D eigenvalue weighted by molar-refractivity contribution is 5.06. The maximum Gasteiger partial charge on any atom is 0.0640 e. The SMILES string of the molecule is CCNC(Cc1ccn(C2CCCC2)n1)C1CC1C. The fraction of sp³-hybridized carbons (Fsp3) is 0.812. The molecular weight excluding hydrogens is 234 g/mol. The summed E-state index contributed by atoms with van der Waals surface area (Å²) >= 11 is 0. The van der Waals surface area contributed by atoms with Crippen molar-refractivity contribution in [1.82, 2.24) is 15.1 Å². The first-order valence-electron chi connectivity index (χ1n) is 8.05. The smallest absolute Gasteiger partial charge is 0.0640 e. The van der Waals surface area contributed by atoms with Crippen molar-refractivity contribution >= 4 is 0 Å². The molecule has 0 aromatic carbocycles. The third kappa shape index (κ3) is 3.02. The van der Waals surface area contributed by atoms with Gasteiger partial charge in [-0.25, -0.2) is 0 Å². The Morgan fingerprint density at radius 2 is 2.16 bits per heavy atom. The van der Waals surface area contributed by atoms with Crippen LogP contribution in [0, 0.1) is 11.8 Å². The average Bonchev–Trinajstić information content (AvgIpc) is 2.88. The molecule has 0 radical (unpaired) electrons. The molecule has 3 rings (SSSR count). The van der Waals surface area contributed by atoms with Crippen LogP contribution in [0.1, 0.15) is 57.7 Å². The second-order valence-electron chi connectivity index (χ2n) is 6.47. The zero-order chi connectivity index (χ0) is 13.2. The first-order valence-corrected chi connectivity index (χ1v) is 8.05. The van der Waals surface area contributed by atoms with Crippen LogP contribution in [0.2, 0.25) is 0 Å². The van der Waals surface area contributed by atoms with Gasteiger partial charge in [0.05, 0.1) is 11.7 Å². The van der Waals surface area contributed by atoms with E-state index in [1.54, 1.807) is 0 Å². The van der Waals surface area contributed by atoms with E-state index in [1.807, 2.05) is 0 Å². The highest BCUT2D eigenvalue weighted by Crippen LogP contribution is 2.41. The van der Waals surface area contributed by atoms with E-state index in [9.17, 15) is 0 Å². The minimum Gasteiger partial charge on any atom is -0.314 e. The minimum atomic E-state index is 0.631. The van der Waals surface area contributed by atoms with Crippen LogP contribution in [-0.4, -0.2) is 22.4 Å². The molecule has 0 aliphatic heterocycles. The maximum atomic E-state index is 4.83. The summed E-state index contributed by atoms with van der Waals surface area (Å²) in [6.45, 7) is 5.64. The Morgan fingerprint density at radius 3 is 2.79 bits per heavy atom. The van der Waals surface area contributed by atoms with Gasteiger partial charge >= 0.3 is 0 Å². The predicted molar refractivity (Wildman–Crippen MR) is 78.2 cm³/mol. The van der Waals surface area contributed by atoms with Crippen LogP contribution in [0.25, 0.3) is 0 Å². The van der Waals surface area contributed by atoms with Gasteiger partial charge in [0, 0.05) is 18.7 Å². The highest BCUT2D eigenvalue weighted by atomic mass is 15.3. The van der Waals surface area contributed by atoms with Crippen molar-refractivity contribution in [2.75, 3.05) is 6.54 Å². The van der Waals surface area contributed by atoms with Crippen molar-refractivity contribution in [2.45, 2.75) is 64.5 Å². The predicted octanol–water partition coefficient (Wildman–Crippen LogP) is 3.17. The van der Waals surface area contributed by atoms with Gasteiger partial charge in [0.1, 0.15) is 0 Å². The number of hydrogen-bond acceptors (Lipinski definition) is 2. The van der Waals surface area contributed by atoms with Gasteiger partial charge in [0.15, 0.2) is 0 Å². The maximum absolute atomic E-state index is 4.83. The van der Waals surface area contributed by atoms with E-state index >= 15 is 0 Å². The summed E-state index contributed by atoms with van der Waals surface area (Å²) in [4.78, 5) is 0. The van der Waals surface area contributed by atoms with E-state index in [4.69, 9.17) is 5.10 Å². The molecule has 19 heavy (non-hydrogen) atoms. The normalized spacial score (nSPS) is 28.7. The average molecular weight is 261 g/mol. The van der Waals surface area contributed by atoms with Crippen molar-refractivity contribution in [2.24, 2.45) is 11.8 Å². The molecule has 1 N–H and O–H groups in total. The molecule has 1 aromatic rings. The summed E-state index contributed by atoms with van der Waals surface area (Å²) in [5, 5.41) is 8.48. The van der Waals surface area contributed by atoms with Gasteiger partial charge in [-0.1, -0.05) is 26.7 Å². The lowest BCUT2D eigenvalue weighted by molar-refractivity contribution is 0.434. The molecule has 1 heterocycles. The lowest BCUT2D eigenvalue weighted by Crippen LogP contribution is -2.33. The molecule has 106 valence electrons. The van der Waals surface area contributed by atoms with Gasteiger partial charge in [-0.05, 0) is 43.7 Å². The second kappa shape index (κ2) is 5.66. The molecule has 3 atom stereocenters. The Balaban J connectivity index is 1.61. The van der Waals surface area contributed by atoms with E-state index in [0.29, 0.717) is 12.1 Å². The molecule has 1 aromatic heterocycles. The molecule has 0 amide bonds.